The van der Waals surface area contributed by atoms with Gasteiger partial charge < -0.3 is 10.6 Å². The van der Waals surface area contributed by atoms with Gasteiger partial charge in [0, 0.05) is 64.5 Å². The van der Waals surface area contributed by atoms with Crippen molar-refractivity contribution in [3.8, 4) is 0 Å². The Bertz CT molecular complexity index is 1020. The van der Waals surface area contributed by atoms with Crippen LogP contribution in [0.1, 0.15) is 11.5 Å². The third-order valence-electron chi connectivity index (χ3n) is 4.66. The highest BCUT2D eigenvalue weighted by Crippen LogP contribution is 2.12. The van der Waals surface area contributed by atoms with Crippen LogP contribution in [0.2, 0.25) is 0 Å². The molecule has 0 bridgehead atoms. The first-order valence-corrected chi connectivity index (χ1v) is 9.94. The Hall–Kier alpha value is -2.63. The summed E-state index contributed by atoms with van der Waals surface area (Å²) in [5.41, 5.74) is 6.60. The van der Waals surface area contributed by atoms with Crippen LogP contribution in [0.15, 0.2) is 22.4 Å². The number of nitrogens with two attached hydrogens (primary N) is 1. The molecule has 0 amide bonds. The third kappa shape index (κ3) is 4.11. The molecule has 2 N–H and O–H groups in total. The molecule has 3 aromatic heterocycles. The molecule has 1 aliphatic heterocycles. The molecule has 0 aromatic carbocycles. The van der Waals surface area contributed by atoms with Crippen molar-refractivity contribution in [3.05, 3.63) is 39.5 Å². The number of hydrogen-bond acceptors (Lipinski definition) is 10. The van der Waals surface area contributed by atoms with Crippen LogP contribution in [0.5, 0.6) is 0 Å². The molecule has 0 spiro atoms. The molecular weight excluding hydrogens is 378 g/mol. The van der Waals surface area contributed by atoms with Gasteiger partial charge in [0.1, 0.15) is 5.82 Å². The summed E-state index contributed by atoms with van der Waals surface area (Å²) < 4.78 is 1.58. The number of fused-ring (bicyclic) bond motifs is 1. The van der Waals surface area contributed by atoms with Crippen LogP contribution in [0.4, 0.5) is 11.9 Å². The summed E-state index contributed by atoms with van der Waals surface area (Å²) in [4.78, 5) is 36.8. The molecule has 3 aromatic rings. The van der Waals surface area contributed by atoms with E-state index < -0.39 is 0 Å². The van der Waals surface area contributed by atoms with Gasteiger partial charge in [0.25, 0.3) is 5.56 Å². The van der Waals surface area contributed by atoms with Crippen molar-refractivity contribution in [2.45, 2.75) is 13.1 Å². The van der Waals surface area contributed by atoms with Crippen molar-refractivity contribution in [2.24, 2.45) is 0 Å². The van der Waals surface area contributed by atoms with Crippen LogP contribution in [0.25, 0.3) is 4.96 Å². The van der Waals surface area contributed by atoms with Gasteiger partial charge in [0.05, 0.1) is 12.2 Å². The Balaban J connectivity index is 1.36. The molecule has 0 saturated carbocycles. The van der Waals surface area contributed by atoms with E-state index in [0.29, 0.717) is 24.9 Å². The van der Waals surface area contributed by atoms with E-state index in [1.54, 1.807) is 16.7 Å². The molecule has 0 aliphatic carbocycles. The predicted octanol–water partition coefficient (Wildman–Crippen LogP) is -0.0930. The first-order valence-electron chi connectivity index (χ1n) is 9.06. The molecule has 4 heterocycles. The van der Waals surface area contributed by atoms with Gasteiger partial charge >= 0.3 is 0 Å². The van der Waals surface area contributed by atoms with Gasteiger partial charge in [-0.2, -0.15) is 15.0 Å². The highest BCUT2D eigenvalue weighted by Gasteiger charge is 2.19. The predicted molar refractivity (Wildman–Crippen MR) is 108 cm³/mol. The standard InChI is InChI=1S/C17H23N9OS/c1-23(2)16-21-13(20-15(18)22-16)11-25-5-3-24(4-6-25)10-12-9-14(27)26-7-8-28-17(26)19-12/h7-9H,3-6,10-11H2,1-2H3,(H2,18,20,21,22). The zero-order valence-electron chi connectivity index (χ0n) is 15.9. The molecular formula is C17H23N9OS. The van der Waals surface area contributed by atoms with Crippen molar-refractivity contribution >= 4 is 28.2 Å². The molecule has 1 saturated heterocycles. The molecule has 28 heavy (non-hydrogen) atoms. The minimum Gasteiger partial charge on any atom is -0.368 e. The molecule has 1 fully saturated rings. The van der Waals surface area contributed by atoms with Crippen molar-refractivity contribution in [1.29, 1.82) is 0 Å². The lowest BCUT2D eigenvalue weighted by molar-refractivity contribution is 0.119. The second kappa shape index (κ2) is 7.78. The smallest absolute Gasteiger partial charge is 0.258 e. The summed E-state index contributed by atoms with van der Waals surface area (Å²) in [6, 6.07) is 1.63. The van der Waals surface area contributed by atoms with Gasteiger partial charge in [-0.15, -0.1) is 11.3 Å². The summed E-state index contributed by atoms with van der Waals surface area (Å²) in [6.45, 7) is 4.90. The molecule has 0 radical (unpaired) electrons. The van der Waals surface area contributed by atoms with Gasteiger partial charge in [0.15, 0.2) is 4.96 Å². The lowest BCUT2D eigenvalue weighted by Gasteiger charge is -2.34. The molecule has 0 unspecified atom stereocenters. The van der Waals surface area contributed by atoms with Crippen LogP contribution in [-0.4, -0.2) is 74.4 Å². The number of hydrogen-bond donors (Lipinski definition) is 1. The molecule has 0 atom stereocenters. The van der Waals surface area contributed by atoms with Crippen LogP contribution in [-0.2, 0) is 13.1 Å². The minimum atomic E-state index is -0.0241. The number of thiazole rings is 1. The number of piperazine rings is 1. The zero-order valence-corrected chi connectivity index (χ0v) is 16.8. The highest BCUT2D eigenvalue weighted by atomic mass is 32.1. The van der Waals surface area contributed by atoms with Gasteiger partial charge in [-0.05, 0) is 0 Å². The molecule has 11 heteroatoms. The minimum absolute atomic E-state index is 0.0241. The first-order chi connectivity index (χ1) is 13.5. The zero-order chi connectivity index (χ0) is 19.7. The van der Waals surface area contributed by atoms with Crippen molar-refractivity contribution in [2.75, 3.05) is 50.9 Å². The fraction of sp³-hybridized carbons (Fsp3) is 0.471. The van der Waals surface area contributed by atoms with Crippen molar-refractivity contribution < 1.29 is 0 Å². The summed E-state index contributed by atoms with van der Waals surface area (Å²) in [5, 5.41) is 1.88. The Kier molecular flexibility index (Phi) is 5.20. The summed E-state index contributed by atoms with van der Waals surface area (Å²) in [5.74, 6) is 1.50. The number of rotatable bonds is 5. The van der Waals surface area contributed by atoms with E-state index in [2.05, 4.69) is 29.7 Å². The molecule has 10 nitrogen and oxygen atoms in total. The second-order valence-electron chi connectivity index (χ2n) is 7.00. The fourth-order valence-electron chi connectivity index (χ4n) is 3.20. The number of nitrogen functional groups attached to an aromatic ring is 1. The second-order valence-corrected chi connectivity index (χ2v) is 7.87. The maximum Gasteiger partial charge on any atom is 0.258 e. The topological polar surface area (TPSA) is 109 Å². The number of aromatic nitrogens is 5. The number of nitrogens with zero attached hydrogens (tertiary/aromatic N) is 8. The summed E-state index contributed by atoms with van der Waals surface area (Å²) in [6.07, 6.45) is 1.76. The van der Waals surface area contributed by atoms with Gasteiger partial charge in [-0.1, -0.05) is 0 Å². The monoisotopic (exact) mass is 401 g/mol. The normalized spacial score (nSPS) is 15.9. The fourth-order valence-corrected chi connectivity index (χ4v) is 3.94. The average Bonchev–Trinajstić information content (AvgIpc) is 3.12. The van der Waals surface area contributed by atoms with Crippen LogP contribution >= 0.6 is 11.3 Å². The average molecular weight is 402 g/mol. The third-order valence-corrected chi connectivity index (χ3v) is 5.42. The lowest BCUT2D eigenvalue weighted by atomic mass is 10.2. The molecule has 148 valence electrons. The summed E-state index contributed by atoms with van der Waals surface area (Å²) >= 11 is 1.48. The maximum absolute atomic E-state index is 12.1. The maximum atomic E-state index is 12.1. The van der Waals surface area contributed by atoms with Gasteiger partial charge in [-0.3, -0.25) is 19.0 Å². The van der Waals surface area contributed by atoms with Gasteiger partial charge in [0.2, 0.25) is 11.9 Å². The van der Waals surface area contributed by atoms with E-state index in [0.717, 1.165) is 36.8 Å². The lowest BCUT2D eigenvalue weighted by Crippen LogP contribution is -2.45. The molecule has 4 rings (SSSR count). The largest absolute Gasteiger partial charge is 0.368 e. The highest BCUT2D eigenvalue weighted by molar-refractivity contribution is 7.15. The first kappa shape index (κ1) is 18.7. The number of anilines is 2. The summed E-state index contributed by atoms with van der Waals surface area (Å²) in [7, 11) is 3.76. The van der Waals surface area contributed by atoms with Crippen molar-refractivity contribution in [3.63, 3.8) is 0 Å². The van der Waals surface area contributed by atoms with Crippen LogP contribution in [0.3, 0.4) is 0 Å². The Morgan fingerprint density at radius 3 is 2.50 bits per heavy atom. The Morgan fingerprint density at radius 2 is 1.79 bits per heavy atom. The van der Waals surface area contributed by atoms with E-state index in [9.17, 15) is 4.79 Å². The van der Waals surface area contributed by atoms with E-state index in [1.165, 1.54) is 11.3 Å². The Labute approximate surface area is 166 Å². The van der Waals surface area contributed by atoms with E-state index in [-0.39, 0.29) is 11.5 Å². The van der Waals surface area contributed by atoms with E-state index in [1.807, 2.05) is 24.4 Å². The Morgan fingerprint density at radius 1 is 1.07 bits per heavy atom. The van der Waals surface area contributed by atoms with Gasteiger partial charge in [-0.25, -0.2) is 4.98 Å². The quantitative estimate of drug-likeness (QED) is 0.627. The SMILES string of the molecule is CN(C)c1nc(N)nc(CN2CCN(Cc3cc(=O)n4ccsc4n3)CC2)n1. The molecule has 1 aliphatic rings. The van der Waals surface area contributed by atoms with E-state index in [4.69, 9.17) is 5.73 Å². The van der Waals surface area contributed by atoms with E-state index >= 15 is 0 Å². The van der Waals surface area contributed by atoms with Crippen molar-refractivity contribution in [1.82, 2.24) is 34.1 Å². The van der Waals surface area contributed by atoms with Crippen LogP contribution in [0, 0.1) is 0 Å². The van der Waals surface area contributed by atoms with Crippen LogP contribution < -0.4 is 16.2 Å².